The van der Waals surface area contributed by atoms with Crippen molar-refractivity contribution in [2.24, 2.45) is 4.99 Å². The van der Waals surface area contributed by atoms with Gasteiger partial charge in [0.05, 0.1) is 18.4 Å². The summed E-state index contributed by atoms with van der Waals surface area (Å²) in [7, 11) is -2.13. The molecule has 0 saturated carbocycles. The van der Waals surface area contributed by atoms with E-state index < -0.39 is 10.0 Å². The number of sulfonamides is 1. The summed E-state index contributed by atoms with van der Waals surface area (Å²) in [5.74, 6) is 0.948. The zero-order chi connectivity index (χ0) is 20.7. The van der Waals surface area contributed by atoms with E-state index in [0.29, 0.717) is 30.2 Å². The average Bonchev–Trinajstić information content (AvgIpc) is 2.97. The van der Waals surface area contributed by atoms with Crippen molar-refractivity contribution in [2.75, 3.05) is 19.0 Å². The lowest BCUT2D eigenvalue weighted by molar-refractivity contribution is -0.115. The maximum atomic E-state index is 12.6. The Balaban J connectivity index is 1.63. The van der Waals surface area contributed by atoms with Gasteiger partial charge >= 0.3 is 0 Å². The van der Waals surface area contributed by atoms with Gasteiger partial charge in [-0.05, 0) is 43.2 Å². The number of hydrogen-bond donors (Lipinski definition) is 2. The predicted octanol–water partition coefficient (Wildman–Crippen LogP) is 3.13. The molecule has 0 unspecified atom stereocenters. The van der Waals surface area contributed by atoms with Crippen LogP contribution in [0.2, 0.25) is 0 Å². The van der Waals surface area contributed by atoms with Crippen molar-refractivity contribution in [2.45, 2.75) is 37.0 Å². The molecule has 0 bridgehead atoms. The van der Waals surface area contributed by atoms with Crippen molar-refractivity contribution in [1.29, 1.82) is 0 Å². The Morgan fingerprint density at radius 2 is 1.83 bits per heavy atom. The first-order valence-electron chi connectivity index (χ1n) is 9.56. The van der Waals surface area contributed by atoms with Gasteiger partial charge < -0.3 is 10.1 Å². The molecule has 2 N–H and O–H groups in total. The Hall–Kier alpha value is -2.87. The monoisotopic (exact) mass is 415 g/mol. The highest BCUT2D eigenvalue weighted by Gasteiger charge is 2.17. The molecule has 3 rings (SSSR count). The molecule has 0 atom stereocenters. The Kier molecular flexibility index (Phi) is 6.87. The minimum Gasteiger partial charge on any atom is -0.496 e. The maximum absolute atomic E-state index is 12.6. The summed E-state index contributed by atoms with van der Waals surface area (Å²) >= 11 is 0. The number of nitrogens with zero attached hydrogens (tertiary/aromatic N) is 1. The normalized spacial score (nSPS) is 14.4. The van der Waals surface area contributed by atoms with Crippen LogP contribution in [0.3, 0.4) is 0 Å². The number of nitrogens with one attached hydrogen (secondary N) is 2. The fourth-order valence-electron chi connectivity index (χ4n) is 3.12. The summed E-state index contributed by atoms with van der Waals surface area (Å²) in [5, 5.41) is 2.78. The molecule has 7 nitrogen and oxygen atoms in total. The average molecular weight is 416 g/mol. The first-order valence-corrected chi connectivity index (χ1v) is 11.0. The van der Waals surface area contributed by atoms with Crippen LogP contribution in [-0.4, -0.2) is 33.8 Å². The van der Waals surface area contributed by atoms with E-state index in [1.807, 2.05) is 18.2 Å². The molecule has 29 heavy (non-hydrogen) atoms. The number of rotatable bonds is 6. The van der Waals surface area contributed by atoms with Crippen molar-refractivity contribution < 1.29 is 17.9 Å². The summed E-state index contributed by atoms with van der Waals surface area (Å²) in [6.07, 6.45) is 3.76. The number of hydrogen-bond acceptors (Lipinski definition) is 5. The molecule has 0 saturated heterocycles. The molecule has 1 amide bonds. The molecule has 1 aliphatic rings. The van der Waals surface area contributed by atoms with Crippen LogP contribution >= 0.6 is 0 Å². The lowest BCUT2D eigenvalue weighted by Gasteiger charge is -2.11. The van der Waals surface area contributed by atoms with Gasteiger partial charge in [-0.15, -0.1) is 0 Å². The summed E-state index contributed by atoms with van der Waals surface area (Å²) in [6, 6.07) is 13.4. The topological polar surface area (TPSA) is 96.9 Å². The maximum Gasteiger partial charge on any atom is 0.262 e. The van der Waals surface area contributed by atoms with E-state index in [1.54, 1.807) is 25.3 Å². The minimum atomic E-state index is -3.69. The molecule has 0 spiro atoms. The van der Waals surface area contributed by atoms with Crippen molar-refractivity contribution in [3.8, 4) is 5.75 Å². The number of amides is 1. The number of carbonyl (C=O) groups is 1. The number of methoxy groups -OCH3 is 1. The van der Waals surface area contributed by atoms with Gasteiger partial charge in [-0.2, -0.15) is 0 Å². The summed E-state index contributed by atoms with van der Waals surface area (Å²) in [4.78, 5) is 16.7. The number of ether oxygens (including phenoxy) is 1. The van der Waals surface area contributed by atoms with Gasteiger partial charge in [0.15, 0.2) is 0 Å². The van der Waals surface area contributed by atoms with Crippen molar-refractivity contribution >= 4 is 27.5 Å². The smallest absolute Gasteiger partial charge is 0.262 e. The summed E-state index contributed by atoms with van der Waals surface area (Å²) < 4.78 is 33.0. The second kappa shape index (κ2) is 9.56. The van der Waals surface area contributed by atoms with Crippen molar-refractivity contribution in [3.05, 3.63) is 54.1 Å². The third-order valence-corrected chi connectivity index (χ3v) is 6.02. The van der Waals surface area contributed by atoms with Crippen LogP contribution in [0.5, 0.6) is 5.75 Å². The number of anilines is 1. The van der Waals surface area contributed by atoms with Crippen LogP contribution in [-0.2, 0) is 21.2 Å². The van der Waals surface area contributed by atoms with Gasteiger partial charge in [-0.25, -0.2) is 8.42 Å². The van der Waals surface area contributed by atoms with E-state index in [-0.39, 0.29) is 17.2 Å². The van der Waals surface area contributed by atoms with Crippen molar-refractivity contribution in [1.82, 2.24) is 4.72 Å². The molecule has 1 heterocycles. The summed E-state index contributed by atoms with van der Waals surface area (Å²) in [5.41, 5.74) is 1.30. The molecular formula is C21H25N3O4S. The van der Waals surface area contributed by atoms with E-state index in [0.717, 1.165) is 24.8 Å². The highest BCUT2D eigenvalue weighted by atomic mass is 32.2. The van der Waals surface area contributed by atoms with Crippen LogP contribution in [0, 0.1) is 0 Å². The second-order valence-electron chi connectivity index (χ2n) is 6.81. The number of benzene rings is 2. The Bertz CT molecular complexity index is 985. The first-order chi connectivity index (χ1) is 14.0. The first kappa shape index (κ1) is 20.9. The quantitative estimate of drug-likeness (QED) is 0.757. The largest absolute Gasteiger partial charge is 0.496 e. The van der Waals surface area contributed by atoms with E-state index in [9.17, 15) is 13.2 Å². The molecule has 154 valence electrons. The van der Waals surface area contributed by atoms with E-state index >= 15 is 0 Å². The molecular weight excluding hydrogens is 390 g/mol. The molecule has 0 fully saturated rings. The highest BCUT2D eigenvalue weighted by molar-refractivity contribution is 7.90. The van der Waals surface area contributed by atoms with E-state index in [2.05, 4.69) is 15.0 Å². The van der Waals surface area contributed by atoms with Gasteiger partial charge in [-0.3, -0.25) is 14.5 Å². The number of para-hydroxylation sites is 1. The third kappa shape index (κ3) is 5.80. The number of amidine groups is 1. The highest BCUT2D eigenvalue weighted by Crippen LogP contribution is 2.19. The zero-order valence-electron chi connectivity index (χ0n) is 16.3. The van der Waals surface area contributed by atoms with Crippen LogP contribution in [0.1, 0.15) is 31.2 Å². The Morgan fingerprint density at radius 1 is 1.07 bits per heavy atom. The molecule has 1 aliphatic heterocycles. The molecule has 0 aliphatic carbocycles. The lowest BCUT2D eigenvalue weighted by atomic mass is 10.1. The fraction of sp³-hybridized carbons (Fsp3) is 0.333. The van der Waals surface area contributed by atoms with Gasteiger partial charge in [-0.1, -0.05) is 24.6 Å². The SMILES string of the molecule is COc1ccccc1CC(=O)Nc1ccc(S(=O)(=O)NC2=NCCCCC2)cc1. The zero-order valence-corrected chi connectivity index (χ0v) is 17.2. The molecule has 0 aromatic heterocycles. The van der Waals surface area contributed by atoms with Crippen LogP contribution in [0.4, 0.5) is 5.69 Å². The van der Waals surface area contributed by atoms with Gasteiger partial charge in [0.25, 0.3) is 10.0 Å². The standard InChI is InChI=1S/C21H25N3O4S/c1-28-19-8-5-4-7-16(19)15-21(25)23-17-10-12-18(13-11-17)29(26,27)24-20-9-3-2-6-14-22-20/h4-5,7-8,10-13H,2-3,6,9,14-15H2,1H3,(H,22,24)(H,23,25). The number of carbonyl (C=O) groups excluding carboxylic acids is 1. The summed E-state index contributed by atoms with van der Waals surface area (Å²) in [6.45, 7) is 0.648. The fourth-order valence-corrected chi connectivity index (χ4v) is 4.21. The van der Waals surface area contributed by atoms with Crippen LogP contribution in [0.25, 0.3) is 0 Å². The van der Waals surface area contributed by atoms with Crippen molar-refractivity contribution in [3.63, 3.8) is 0 Å². The molecule has 8 heteroatoms. The molecule has 0 radical (unpaired) electrons. The predicted molar refractivity (Wildman–Crippen MR) is 113 cm³/mol. The van der Waals surface area contributed by atoms with Crippen LogP contribution in [0.15, 0.2) is 58.4 Å². The minimum absolute atomic E-state index is 0.132. The lowest BCUT2D eigenvalue weighted by Crippen LogP contribution is -2.30. The van der Waals surface area contributed by atoms with E-state index in [1.165, 1.54) is 12.1 Å². The van der Waals surface area contributed by atoms with Gasteiger partial charge in [0, 0.05) is 24.2 Å². The Morgan fingerprint density at radius 3 is 2.59 bits per heavy atom. The second-order valence-corrected chi connectivity index (χ2v) is 8.49. The Labute approximate surface area is 171 Å². The third-order valence-electron chi connectivity index (χ3n) is 4.62. The van der Waals surface area contributed by atoms with Gasteiger partial charge in [0.2, 0.25) is 5.91 Å². The van der Waals surface area contributed by atoms with Crippen LogP contribution < -0.4 is 14.8 Å². The molecule has 2 aromatic rings. The van der Waals surface area contributed by atoms with E-state index in [4.69, 9.17) is 4.74 Å². The molecule has 2 aromatic carbocycles. The van der Waals surface area contributed by atoms with Gasteiger partial charge in [0.1, 0.15) is 11.6 Å². The number of aliphatic imine (C=N–C) groups is 1.